The molecule has 1 aliphatic carbocycles. The average Bonchev–Trinajstić information content (AvgIpc) is 3.39. The summed E-state index contributed by atoms with van der Waals surface area (Å²) < 4.78 is 12.9. The maximum atomic E-state index is 12.8. The first kappa shape index (κ1) is 17.4. The van der Waals surface area contributed by atoms with Crippen molar-refractivity contribution in [3.63, 3.8) is 0 Å². The summed E-state index contributed by atoms with van der Waals surface area (Å²) in [5, 5.41) is 7.31. The Hall–Kier alpha value is -3.68. The van der Waals surface area contributed by atoms with E-state index in [9.17, 15) is 4.79 Å². The van der Waals surface area contributed by atoms with Crippen molar-refractivity contribution in [2.24, 2.45) is 0 Å². The number of fused-ring (bicyclic) bond motifs is 2. The van der Waals surface area contributed by atoms with Gasteiger partial charge in [-0.2, -0.15) is 5.10 Å². The van der Waals surface area contributed by atoms with E-state index >= 15 is 0 Å². The molecular formula is C21H19N5O3. The second-order valence-corrected chi connectivity index (χ2v) is 6.95. The smallest absolute Gasteiger partial charge is 0.253 e. The third kappa shape index (κ3) is 3.22. The number of carbonyl (C=O) groups excluding carboxylic acids is 1. The molecule has 5 rings (SSSR count). The van der Waals surface area contributed by atoms with Crippen LogP contribution in [0.15, 0.2) is 53.3 Å². The van der Waals surface area contributed by atoms with Crippen LogP contribution in [-0.2, 0) is 6.42 Å². The zero-order valence-corrected chi connectivity index (χ0v) is 15.8. The molecule has 4 heterocycles. The van der Waals surface area contributed by atoms with E-state index in [2.05, 4.69) is 20.4 Å². The Morgan fingerprint density at radius 3 is 3.10 bits per heavy atom. The lowest BCUT2D eigenvalue weighted by Crippen LogP contribution is -2.30. The standard InChI is InChI=1S/C21H19N5O3/c1-28-18-11-13(7-9-22-18)21-25-19-16(5-2-6-17(19)29-21)24-20(27)14-10-15-4-3-8-23-26(15)12-14/h3-4,7-12,16H,2,5-6H2,1H3,(H,24,27)/t16-/m0/s1. The fourth-order valence-electron chi connectivity index (χ4n) is 3.65. The van der Waals surface area contributed by atoms with Gasteiger partial charge in [0, 0.05) is 36.6 Å². The summed E-state index contributed by atoms with van der Waals surface area (Å²) in [5.41, 5.74) is 3.02. The number of aromatic nitrogens is 4. The molecule has 29 heavy (non-hydrogen) atoms. The van der Waals surface area contributed by atoms with Crippen LogP contribution in [0.5, 0.6) is 5.88 Å². The SMILES string of the molecule is COc1cc(-c2nc3c(o2)CCC[C@@H]3NC(=O)c2cc3cccnn3c2)ccn1. The van der Waals surface area contributed by atoms with Crippen LogP contribution in [-0.4, -0.2) is 32.6 Å². The number of amides is 1. The van der Waals surface area contributed by atoms with E-state index in [1.165, 1.54) is 0 Å². The van der Waals surface area contributed by atoms with Gasteiger partial charge in [-0.25, -0.2) is 14.5 Å². The van der Waals surface area contributed by atoms with Crippen molar-refractivity contribution >= 4 is 11.4 Å². The number of hydrogen-bond donors (Lipinski definition) is 1. The molecular weight excluding hydrogens is 370 g/mol. The molecule has 1 amide bonds. The molecule has 0 saturated heterocycles. The molecule has 0 radical (unpaired) electrons. The molecule has 0 aromatic carbocycles. The van der Waals surface area contributed by atoms with Crippen LogP contribution in [0.4, 0.5) is 0 Å². The third-order valence-electron chi connectivity index (χ3n) is 5.09. The fraction of sp³-hybridized carbons (Fsp3) is 0.238. The van der Waals surface area contributed by atoms with E-state index in [-0.39, 0.29) is 11.9 Å². The van der Waals surface area contributed by atoms with Crippen LogP contribution in [0, 0.1) is 0 Å². The first-order chi connectivity index (χ1) is 14.2. The highest BCUT2D eigenvalue weighted by atomic mass is 16.5. The number of hydrogen-bond acceptors (Lipinski definition) is 6. The highest BCUT2D eigenvalue weighted by molar-refractivity contribution is 5.95. The van der Waals surface area contributed by atoms with E-state index in [4.69, 9.17) is 9.15 Å². The lowest BCUT2D eigenvalue weighted by atomic mass is 9.96. The quantitative estimate of drug-likeness (QED) is 0.576. The molecule has 1 aliphatic rings. The van der Waals surface area contributed by atoms with Gasteiger partial charge in [0.05, 0.1) is 24.2 Å². The second kappa shape index (κ2) is 7.05. The number of rotatable bonds is 4. The number of pyridine rings is 1. The Morgan fingerprint density at radius 1 is 1.31 bits per heavy atom. The maximum Gasteiger partial charge on any atom is 0.253 e. The summed E-state index contributed by atoms with van der Waals surface area (Å²) in [6.45, 7) is 0. The maximum absolute atomic E-state index is 12.8. The predicted molar refractivity (Wildman–Crippen MR) is 105 cm³/mol. The summed E-state index contributed by atoms with van der Waals surface area (Å²) in [7, 11) is 1.57. The van der Waals surface area contributed by atoms with Gasteiger partial charge in [-0.1, -0.05) is 0 Å². The van der Waals surface area contributed by atoms with Gasteiger partial charge in [-0.3, -0.25) is 4.79 Å². The van der Waals surface area contributed by atoms with Crippen molar-refractivity contribution in [2.75, 3.05) is 7.11 Å². The number of methoxy groups -OCH3 is 1. The summed E-state index contributed by atoms with van der Waals surface area (Å²) >= 11 is 0. The van der Waals surface area contributed by atoms with Gasteiger partial charge in [-0.05, 0) is 37.1 Å². The minimum Gasteiger partial charge on any atom is -0.481 e. The van der Waals surface area contributed by atoms with Crippen molar-refractivity contribution < 1.29 is 13.9 Å². The summed E-state index contributed by atoms with van der Waals surface area (Å²) in [6, 6.07) is 9.00. The molecule has 1 atom stereocenters. The molecule has 0 bridgehead atoms. The number of aryl methyl sites for hydroxylation is 1. The number of nitrogens with zero attached hydrogens (tertiary/aromatic N) is 4. The van der Waals surface area contributed by atoms with Gasteiger partial charge in [0.2, 0.25) is 11.8 Å². The molecule has 0 spiro atoms. The van der Waals surface area contributed by atoms with Crippen molar-refractivity contribution in [2.45, 2.75) is 25.3 Å². The molecule has 8 heteroatoms. The van der Waals surface area contributed by atoms with Crippen molar-refractivity contribution in [1.82, 2.24) is 24.9 Å². The van der Waals surface area contributed by atoms with Crippen molar-refractivity contribution in [1.29, 1.82) is 0 Å². The fourth-order valence-corrected chi connectivity index (χ4v) is 3.65. The highest BCUT2D eigenvalue weighted by Gasteiger charge is 2.28. The van der Waals surface area contributed by atoms with Crippen LogP contribution >= 0.6 is 0 Å². The monoisotopic (exact) mass is 389 g/mol. The van der Waals surface area contributed by atoms with Crippen molar-refractivity contribution in [3.05, 3.63) is 65.9 Å². The minimum absolute atomic E-state index is 0.150. The highest BCUT2D eigenvalue weighted by Crippen LogP contribution is 2.33. The molecule has 0 saturated carbocycles. The van der Waals surface area contributed by atoms with Crippen LogP contribution in [0.25, 0.3) is 17.0 Å². The summed E-state index contributed by atoms with van der Waals surface area (Å²) in [6.07, 6.45) is 7.61. The van der Waals surface area contributed by atoms with Crippen molar-refractivity contribution in [3.8, 4) is 17.3 Å². The third-order valence-corrected chi connectivity index (χ3v) is 5.09. The normalized spacial score (nSPS) is 15.8. The minimum atomic E-state index is -0.191. The molecule has 0 aliphatic heterocycles. The number of nitrogens with one attached hydrogen (secondary N) is 1. The lowest BCUT2D eigenvalue weighted by molar-refractivity contribution is 0.0931. The van der Waals surface area contributed by atoms with Gasteiger partial charge in [0.15, 0.2) is 0 Å². The zero-order valence-electron chi connectivity index (χ0n) is 15.8. The molecule has 0 unspecified atom stereocenters. The number of oxazole rings is 1. The summed E-state index contributed by atoms with van der Waals surface area (Å²) in [4.78, 5) is 21.6. The summed E-state index contributed by atoms with van der Waals surface area (Å²) in [5.74, 6) is 1.67. The number of ether oxygens (including phenoxy) is 1. The van der Waals surface area contributed by atoms with Gasteiger partial charge in [0.25, 0.3) is 5.91 Å². The molecule has 8 nitrogen and oxygen atoms in total. The van der Waals surface area contributed by atoms with Crippen LogP contribution in [0.2, 0.25) is 0 Å². The van der Waals surface area contributed by atoms with Gasteiger partial charge in [-0.15, -0.1) is 0 Å². The van der Waals surface area contributed by atoms with Crippen LogP contribution in [0.3, 0.4) is 0 Å². The Kier molecular flexibility index (Phi) is 4.23. The first-order valence-electron chi connectivity index (χ1n) is 9.45. The topological polar surface area (TPSA) is 94.6 Å². The lowest BCUT2D eigenvalue weighted by Gasteiger charge is -2.21. The van der Waals surface area contributed by atoms with Gasteiger partial charge < -0.3 is 14.5 Å². The second-order valence-electron chi connectivity index (χ2n) is 6.95. The zero-order chi connectivity index (χ0) is 19.8. The number of carbonyl (C=O) groups is 1. The predicted octanol–water partition coefficient (Wildman–Crippen LogP) is 3.20. The Morgan fingerprint density at radius 2 is 2.24 bits per heavy atom. The molecule has 146 valence electrons. The molecule has 4 aromatic rings. The largest absolute Gasteiger partial charge is 0.481 e. The van der Waals surface area contributed by atoms with E-state index < -0.39 is 0 Å². The van der Waals surface area contributed by atoms with E-state index in [1.807, 2.05) is 24.3 Å². The van der Waals surface area contributed by atoms with E-state index in [0.29, 0.717) is 17.3 Å². The average molecular weight is 389 g/mol. The molecule has 4 aromatic heterocycles. The van der Waals surface area contributed by atoms with Crippen LogP contribution < -0.4 is 10.1 Å². The Labute approximate surface area is 166 Å². The van der Waals surface area contributed by atoms with E-state index in [1.54, 1.807) is 36.3 Å². The Bertz CT molecular complexity index is 1160. The van der Waals surface area contributed by atoms with Gasteiger partial charge in [0.1, 0.15) is 11.5 Å². The molecule has 1 N–H and O–H groups in total. The van der Waals surface area contributed by atoms with Crippen LogP contribution in [0.1, 0.15) is 40.7 Å². The van der Waals surface area contributed by atoms with E-state index in [0.717, 1.165) is 41.8 Å². The Balaban J connectivity index is 1.41. The first-order valence-corrected chi connectivity index (χ1v) is 9.45. The van der Waals surface area contributed by atoms with Gasteiger partial charge >= 0.3 is 0 Å². The molecule has 0 fully saturated rings.